The zero-order chi connectivity index (χ0) is 11.6. The number of hydrogen-bond donors (Lipinski definition) is 0. The van der Waals surface area contributed by atoms with Gasteiger partial charge >= 0.3 is 6.18 Å². The molecule has 82 valence electrons. The molecule has 0 heterocycles. The van der Waals surface area contributed by atoms with Crippen molar-refractivity contribution in [3.05, 3.63) is 29.3 Å². The second-order valence-corrected chi connectivity index (χ2v) is 3.88. The molecule has 0 amide bonds. The van der Waals surface area contributed by atoms with Crippen molar-refractivity contribution in [2.75, 3.05) is 6.26 Å². The quantitative estimate of drug-likeness (QED) is 0.574. The molecule has 0 saturated carbocycles. The van der Waals surface area contributed by atoms with Gasteiger partial charge in [0.05, 0.1) is 5.56 Å². The maximum atomic E-state index is 12.4. The van der Waals surface area contributed by atoms with Crippen LogP contribution in [0.1, 0.15) is 22.8 Å². The summed E-state index contributed by atoms with van der Waals surface area (Å²) in [5.41, 5.74) is -0.686. The van der Waals surface area contributed by atoms with Crippen LogP contribution in [-0.2, 0) is 6.18 Å². The van der Waals surface area contributed by atoms with Gasteiger partial charge in [0.1, 0.15) is 0 Å². The predicted octanol–water partition coefficient (Wildman–Crippen LogP) is 3.63. The lowest BCUT2D eigenvalue weighted by atomic mass is 10.1. The van der Waals surface area contributed by atoms with Gasteiger partial charge in [0, 0.05) is 10.5 Å². The van der Waals surface area contributed by atoms with E-state index in [4.69, 9.17) is 0 Å². The molecule has 0 unspecified atom stereocenters. The summed E-state index contributed by atoms with van der Waals surface area (Å²) in [5.74, 6) is -0.364. The fraction of sp³-hybridized carbons (Fsp3) is 0.300. The first-order valence-electron chi connectivity index (χ1n) is 4.12. The molecule has 0 atom stereocenters. The maximum absolute atomic E-state index is 12.4. The van der Waals surface area contributed by atoms with E-state index in [9.17, 15) is 18.0 Å². The molecule has 1 aromatic carbocycles. The second kappa shape index (κ2) is 4.26. The summed E-state index contributed by atoms with van der Waals surface area (Å²) in [4.78, 5) is 11.5. The maximum Gasteiger partial charge on any atom is 0.416 e. The first kappa shape index (κ1) is 12.1. The highest BCUT2D eigenvalue weighted by atomic mass is 32.2. The molecule has 0 bridgehead atoms. The van der Waals surface area contributed by atoms with Crippen LogP contribution in [0, 0.1) is 0 Å². The monoisotopic (exact) mass is 234 g/mol. The summed E-state index contributed by atoms with van der Waals surface area (Å²) in [6.07, 6.45) is -2.74. The van der Waals surface area contributed by atoms with Crippen LogP contribution in [0.2, 0.25) is 0 Å². The van der Waals surface area contributed by atoms with E-state index in [1.54, 1.807) is 6.26 Å². The van der Waals surface area contributed by atoms with Gasteiger partial charge in [0.25, 0.3) is 0 Å². The van der Waals surface area contributed by atoms with E-state index in [1.807, 2.05) is 0 Å². The van der Waals surface area contributed by atoms with Crippen molar-refractivity contribution in [2.45, 2.75) is 18.0 Å². The fourth-order valence-electron chi connectivity index (χ4n) is 1.08. The molecule has 15 heavy (non-hydrogen) atoms. The number of rotatable bonds is 2. The van der Waals surface area contributed by atoms with Gasteiger partial charge in [-0.15, -0.1) is 11.8 Å². The van der Waals surface area contributed by atoms with Gasteiger partial charge in [-0.1, -0.05) is 0 Å². The molecule has 0 N–H and O–H groups in total. The molecule has 1 rings (SSSR count). The number of halogens is 3. The zero-order valence-corrected chi connectivity index (χ0v) is 9.00. The molecular formula is C10H9F3OS. The normalized spacial score (nSPS) is 11.5. The Bertz CT molecular complexity index is 385. The van der Waals surface area contributed by atoms with Crippen molar-refractivity contribution in [1.29, 1.82) is 0 Å². The van der Waals surface area contributed by atoms with Crippen molar-refractivity contribution in [3.63, 3.8) is 0 Å². The van der Waals surface area contributed by atoms with Gasteiger partial charge in [-0.3, -0.25) is 4.79 Å². The van der Waals surface area contributed by atoms with E-state index < -0.39 is 11.7 Å². The third-order valence-corrected chi connectivity index (χ3v) is 2.58. The average Bonchev–Trinajstić information content (AvgIpc) is 2.15. The van der Waals surface area contributed by atoms with Crippen molar-refractivity contribution in [1.82, 2.24) is 0 Å². The molecule has 0 saturated heterocycles. The minimum atomic E-state index is -4.41. The summed E-state index contributed by atoms with van der Waals surface area (Å²) < 4.78 is 37.3. The molecule has 0 aliphatic heterocycles. The van der Waals surface area contributed by atoms with Crippen molar-refractivity contribution in [3.8, 4) is 0 Å². The van der Waals surface area contributed by atoms with E-state index >= 15 is 0 Å². The van der Waals surface area contributed by atoms with Gasteiger partial charge < -0.3 is 0 Å². The van der Waals surface area contributed by atoms with Crippen LogP contribution in [-0.4, -0.2) is 12.0 Å². The molecule has 0 radical (unpaired) electrons. The standard InChI is InChI=1S/C10H9F3OS/c1-6(14)7-3-8(10(11,12)13)5-9(4-7)15-2/h3-5H,1-2H3. The number of carbonyl (C=O) groups is 1. The zero-order valence-electron chi connectivity index (χ0n) is 8.18. The first-order chi connectivity index (χ1) is 6.84. The molecule has 0 fully saturated rings. The van der Waals surface area contributed by atoms with Crippen LogP contribution >= 0.6 is 11.8 Å². The lowest BCUT2D eigenvalue weighted by molar-refractivity contribution is -0.137. The van der Waals surface area contributed by atoms with Crippen LogP contribution in [0.15, 0.2) is 23.1 Å². The lowest BCUT2D eigenvalue weighted by Crippen LogP contribution is -2.07. The average molecular weight is 234 g/mol. The number of carbonyl (C=O) groups excluding carboxylic acids is 1. The van der Waals surface area contributed by atoms with E-state index in [0.29, 0.717) is 4.90 Å². The van der Waals surface area contributed by atoms with Crippen LogP contribution in [0.25, 0.3) is 0 Å². The lowest BCUT2D eigenvalue weighted by Gasteiger charge is -2.09. The van der Waals surface area contributed by atoms with E-state index in [0.717, 1.165) is 12.1 Å². The Morgan fingerprint density at radius 1 is 1.27 bits per heavy atom. The van der Waals surface area contributed by atoms with Gasteiger partial charge in [-0.25, -0.2) is 0 Å². The predicted molar refractivity (Wildman–Crippen MR) is 53.2 cm³/mol. The highest BCUT2D eigenvalue weighted by molar-refractivity contribution is 7.98. The molecule has 1 aromatic rings. The Morgan fingerprint density at radius 3 is 2.27 bits per heavy atom. The summed E-state index contributed by atoms with van der Waals surface area (Å²) >= 11 is 1.18. The first-order valence-corrected chi connectivity index (χ1v) is 5.34. The Kier molecular flexibility index (Phi) is 3.44. The third kappa shape index (κ3) is 2.99. The molecule has 0 aliphatic carbocycles. The summed E-state index contributed by atoms with van der Waals surface area (Å²) in [5, 5.41) is 0. The Balaban J connectivity index is 3.30. The number of benzene rings is 1. The number of ketones is 1. The number of thioether (sulfide) groups is 1. The largest absolute Gasteiger partial charge is 0.416 e. The molecule has 5 heteroatoms. The van der Waals surface area contributed by atoms with Gasteiger partial charge in [0.2, 0.25) is 0 Å². The second-order valence-electron chi connectivity index (χ2n) is 3.00. The summed E-state index contributed by atoms with van der Waals surface area (Å²) in [7, 11) is 0. The molecule has 0 spiro atoms. The van der Waals surface area contributed by atoms with Crippen LogP contribution < -0.4 is 0 Å². The number of hydrogen-bond acceptors (Lipinski definition) is 2. The van der Waals surface area contributed by atoms with Crippen molar-refractivity contribution >= 4 is 17.5 Å². The molecule has 0 aromatic heterocycles. The SMILES string of the molecule is CSc1cc(C(C)=O)cc(C(F)(F)F)c1. The fourth-order valence-corrected chi connectivity index (χ4v) is 1.57. The van der Waals surface area contributed by atoms with E-state index in [2.05, 4.69) is 0 Å². The number of alkyl halides is 3. The highest BCUT2D eigenvalue weighted by Gasteiger charge is 2.31. The van der Waals surface area contributed by atoms with Gasteiger partial charge in [-0.2, -0.15) is 13.2 Å². The van der Waals surface area contributed by atoms with Gasteiger partial charge in [-0.05, 0) is 31.4 Å². The van der Waals surface area contributed by atoms with Crippen molar-refractivity contribution < 1.29 is 18.0 Å². The Labute approximate surface area is 89.7 Å². The van der Waals surface area contributed by atoms with Gasteiger partial charge in [0.15, 0.2) is 5.78 Å². The molecular weight excluding hydrogens is 225 g/mol. The van der Waals surface area contributed by atoms with Crippen molar-refractivity contribution in [2.24, 2.45) is 0 Å². The third-order valence-electron chi connectivity index (χ3n) is 1.88. The van der Waals surface area contributed by atoms with E-state index in [1.165, 1.54) is 24.8 Å². The molecule has 0 aliphatic rings. The minimum absolute atomic E-state index is 0.0918. The Hall–Kier alpha value is -0.970. The van der Waals surface area contributed by atoms with E-state index in [-0.39, 0.29) is 11.3 Å². The topological polar surface area (TPSA) is 17.1 Å². The number of Topliss-reactive ketones (excluding diaryl/α,β-unsaturated/α-hetero) is 1. The van der Waals surface area contributed by atoms with Crippen LogP contribution in [0.3, 0.4) is 0 Å². The smallest absolute Gasteiger partial charge is 0.295 e. The van der Waals surface area contributed by atoms with Crippen LogP contribution in [0.5, 0.6) is 0 Å². The Morgan fingerprint density at radius 2 is 1.87 bits per heavy atom. The minimum Gasteiger partial charge on any atom is -0.295 e. The highest BCUT2D eigenvalue weighted by Crippen LogP contribution is 2.32. The molecule has 1 nitrogen and oxygen atoms in total. The van der Waals surface area contributed by atoms with Crippen LogP contribution in [0.4, 0.5) is 13.2 Å². The summed E-state index contributed by atoms with van der Waals surface area (Å²) in [6.45, 7) is 1.25. The summed E-state index contributed by atoms with van der Waals surface area (Å²) in [6, 6.07) is 3.38.